The molecule has 1 aromatic heterocycles. The van der Waals surface area contributed by atoms with E-state index in [1.807, 2.05) is 12.1 Å². The summed E-state index contributed by atoms with van der Waals surface area (Å²) in [5, 5.41) is 9.93. The fraction of sp³-hybridized carbons (Fsp3) is 0.0588. The van der Waals surface area contributed by atoms with Crippen molar-refractivity contribution in [2.45, 2.75) is 10.6 Å². The largest absolute Gasteiger partial charge is 0.382 e. The van der Waals surface area contributed by atoms with Crippen LogP contribution in [0.15, 0.2) is 65.7 Å². The van der Waals surface area contributed by atoms with Gasteiger partial charge < -0.3 is 5.73 Å². The summed E-state index contributed by atoms with van der Waals surface area (Å²) in [7, 11) is 0. The number of rotatable bonds is 4. The van der Waals surface area contributed by atoms with Crippen molar-refractivity contribution in [2.24, 2.45) is 5.73 Å². The van der Waals surface area contributed by atoms with Gasteiger partial charge in [0.05, 0.1) is 0 Å². The molecule has 104 valence electrons. The van der Waals surface area contributed by atoms with E-state index in [0.717, 1.165) is 11.3 Å². The molecule has 3 rings (SSSR count). The Bertz CT molecular complexity index is 799. The number of nitrogen functional groups attached to an aromatic ring is 1. The first-order chi connectivity index (χ1) is 10.2. The van der Waals surface area contributed by atoms with E-state index in [1.165, 1.54) is 15.7 Å². The summed E-state index contributed by atoms with van der Waals surface area (Å²) in [5.74, 6) is 0.841. The number of benzene rings is 2. The minimum atomic E-state index is 0.00700. The Hall–Kier alpha value is -2.33. The molecule has 0 aliphatic carbocycles. The van der Waals surface area contributed by atoms with Crippen molar-refractivity contribution >= 4 is 28.4 Å². The number of nitrogens with two attached hydrogens (primary N) is 1. The Morgan fingerprint density at radius 1 is 1.05 bits per heavy atom. The highest BCUT2D eigenvalue weighted by Gasteiger charge is 2.02. The SMILES string of the molecule is N=C(N)c1cc(CSc2ccc3ccccc3c2)ccn1. The first-order valence-corrected chi connectivity index (χ1v) is 7.62. The van der Waals surface area contributed by atoms with Gasteiger partial charge in [0.15, 0.2) is 0 Å². The second kappa shape index (κ2) is 5.97. The number of hydrogen-bond donors (Lipinski definition) is 2. The van der Waals surface area contributed by atoms with Crippen LogP contribution in [0.4, 0.5) is 0 Å². The van der Waals surface area contributed by atoms with Crippen molar-refractivity contribution in [3.63, 3.8) is 0 Å². The molecule has 0 aliphatic heterocycles. The molecule has 0 saturated heterocycles. The maximum absolute atomic E-state index is 7.43. The highest BCUT2D eigenvalue weighted by Crippen LogP contribution is 2.26. The van der Waals surface area contributed by atoms with Gasteiger partial charge in [0.25, 0.3) is 0 Å². The third kappa shape index (κ3) is 3.23. The maximum Gasteiger partial charge on any atom is 0.141 e. The van der Waals surface area contributed by atoms with Crippen LogP contribution in [0.1, 0.15) is 11.3 Å². The third-order valence-electron chi connectivity index (χ3n) is 3.23. The molecule has 3 N–H and O–H groups in total. The van der Waals surface area contributed by atoms with Crippen LogP contribution in [0.2, 0.25) is 0 Å². The molecule has 0 bridgehead atoms. The zero-order chi connectivity index (χ0) is 14.7. The van der Waals surface area contributed by atoms with Gasteiger partial charge in [-0.1, -0.05) is 30.3 Å². The monoisotopic (exact) mass is 293 g/mol. The number of fused-ring (bicyclic) bond motifs is 1. The number of hydrogen-bond acceptors (Lipinski definition) is 3. The summed E-state index contributed by atoms with van der Waals surface area (Å²) < 4.78 is 0. The van der Waals surface area contributed by atoms with Crippen LogP contribution in [0, 0.1) is 5.41 Å². The lowest BCUT2D eigenvalue weighted by Gasteiger charge is -2.05. The van der Waals surface area contributed by atoms with E-state index < -0.39 is 0 Å². The van der Waals surface area contributed by atoms with Crippen LogP contribution in [-0.4, -0.2) is 10.8 Å². The summed E-state index contributed by atoms with van der Waals surface area (Å²) in [6.07, 6.45) is 1.70. The summed E-state index contributed by atoms with van der Waals surface area (Å²) in [5.41, 5.74) is 7.12. The average Bonchev–Trinajstić information content (AvgIpc) is 2.53. The smallest absolute Gasteiger partial charge is 0.141 e. The number of thioether (sulfide) groups is 1. The van der Waals surface area contributed by atoms with Gasteiger partial charge in [-0.2, -0.15) is 0 Å². The van der Waals surface area contributed by atoms with E-state index in [1.54, 1.807) is 18.0 Å². The molecule has 2 aromatic carbocycles. The minimum Gasteiger partial charge on any atom is -0.382 e. The first kappa shape index (κ1) is 13.6. The number of nitrogens with one attached hydrogen (secondary N) is 1. The summed E-state index contributed by atoms with van der Waals surface area (Å²) in [4.78, 5) is 5.31. The first-order valence-electron chi connectivity index (χ1n) is 6.63. The Morgan fingerprint density at radius 3 is 2.67 bits per heavy atom. The molecule has 3 aromatic rings. The molecule has 0 spiro atoms. The fourth-order valence-corrected chi connectivity index (χ4v) is 3.02. The number of amidine groups is 1. The van der Waals surface area contributed by atoms with Crippen LogP contribution in [0.25, 0.3) is 10.8 Å². The number of aromatic nitrogens is 1. The molecule has 1 heterocycles. The minimum absolute atomic E-state index is 0.00700. The fourth-order valence-electron chi connectivity index (χ4n) is 2.14. The van der Waals surface area contributed by atoms with Gasteiger partial charge in [-0.25, -0.2) is 0 Å². The third-order valence-corrected chi connectivity index (χ3v) is 4.29. The van der Waals surface area contributed by atoms with Crippen molar-refractivity contribution in [1.82, 2.24) is 4.98 Å². The van der Waals surface area contributed by atoms with Crippen LogP contribution in [0.3, 0.4) is 0 Å². The Kier molecular flexibility index (Phi) is 3.88. The molecule has 0 unspecified atom stereocenters. The second-order valence-corrected chi connectivity index (χ2v) is 5.81. The average molecular weight is 293 g/mol. The quantitative estimate of drug-likeness (QED) is 0.437. The molecular formula is C17H15N3S. The normalized spacial score (nSPS) is 10.7. The summed E-state index contributed by atoms with van der Waals surface area (Å²) in [6.45, 7) is 0. The van der Waals surface area contributed by atoms with E-state index in [9.17, 15) is 0 Å². The van der Waals surface area contributed by atoms with Crippen molar-refractivity contribution in [1.29, 1.82) is 5.41 Å². The zero-order valence-corrected chi connectivity index (χ0v) is 12.2. The van der Waals surface area contributed by atoms with Crippen molar-refractivity contribution in [3.05, 3.63) is 72.1 Å². The number of pyridine rings is 1. The van der Waals surface area contributed by atoms with E-state index in [0.29, 0.717) is 5.69 Å². The van der Waals surface area contributed by atoms with Gasteiger partial charge in [0, 0.05) is 16.8 Å². The highest BCUT2D eigenvalue weighted by molar-refractivity contribution is 7.98. The second-order valence-electron chi connectivity index (χ2n) is 4.76. The standard InChI is InChI=1S/C17H15N3S/c18-17(19)16-9-12(7-8-20-16)11-21-15-6-5-13-3-1-2-4-14(13)10-15/h1-10H,11H2,(H3,18,19). The molecule has 0 saturated carbocycles. The summed E-state index contributed by atoms with van der Waals surface area (Å²) in [6, 6.07) is 18.7. The van der Waals surface area contributed by atoms with E-state index in [-0.39, 0.29) is 5.84 Å². The highest BCUT2D eigenvalue weighted by atomic mass is 32.2. The molecule has 0 amide bonds. The summed E-state index contributed by atoms with van der Waals surface area (Å²) >= 11 is 1.77. The lowest BCUT2D eigenvalue weighted by molar-refractivity contribution is 1.22. The topological polar surface area (TPSA) is 62.8 Å². The maximum atomic E-state index is 7.43. The number of nitrogens with zero attached hydrogens (tertiary/aromatic N) is 1. The van der Waals surface area contributed by atoms with Crippen molar-refractivity contribution in [2.75, 3.05) is 0 Å². The Labute approximate surface area is 127 Å². The molecule has 0 fully saturated rings. The predicted molar refractivity (Wildman–Crippen MR) is 88.8 cm³/mol. The molecule has 0 aliphatic rings. The van der Waals surface area contributed by atoms with Crippen LogP contribution in [-0.2, 0) is 5.75 Å². The lowest BCUT2D eigenvalue weighted by atomic mass is 10.1. The molecule has 0 radical (unpaired) electrons. The molecular weight excluding hydrogens is 278 g/mol. The Balaban J connectivity index is 1.77. The van der Waals surface area contributed by atoms with Crippen LogP contribution >= 0.6 is 11.8 Å². The molecule has 4 heteroatoms. The van der Waals surface area contributed by atoms with Crippen LogP contribution < -0.4 is 5.73 Å². The zero-order valence-electron chi connectivity index (χ0n) is 11.4. The van der Waals surface area contributed by atoms with Gasteiger partial charge in [0.1, 0.15) is 11.5 Å². The van der Waals surface area contributed by atoms with Crippen LogP contribution in [0.5, 0.6) is 0 Å². The van der Waals surface area contributed by atoms with Gasteiger partial charge >= 0.3 is 0 Å². The van der Waals surface area contributed by atoms with Gasteiger partial charge in [-0.15, -0.1) is 11.8 Å². The Morgan fingerprint density at radius 2 is 1.86 bits per heavy atom. The van der Waals surface area contributed by atoms with Crippen molar-refractivity contribution < 1.29 is 0 Å². The molecule has 3 nitrogen and oxygen atoms in total. The van der Waals surface area contributed by atoms with E-state index in [4.69, 9.17) is 11.1 Å². The molecule has 0 atom stereocenters. The van der Waals surface area contributed by atoms with E-state index in [2.05, 4.69) is 47.4 Å². The predicted octanol–water partition coefficient (Wildman–Crippen LogP) is 3.81. The van der Waals surface area contributed by atoms with Gasteiger partial charge in [-0.3, -0.25) is 10.4 Å². The van der Waals surface area contributed by atoms with Gasteiger partial charge in [-0.05, 0) is 40.6 Å². The van der Waals surface area contributed by atoms with Crippen molar-refractivity contribution in [3.8, 4) is 0 Å². The molecule has 21 heavy (non-hydrogen) atoms. The lowest BCUT2D eigenvalue weighted by Crippen LogP contribution is -2.13. The van der Waals surface area contributed by atoms with E-state index >= 15 is 0 Å². The van der Waals surface area contributed by atoms with Gasteiger partial charge in [0.2, 0.25) is 0 Å².